The molecular weight excluding hydrogens is 387 g/mol. The van der Waals surface area contributed by atoms with Gasteiger partial charge >= 0.3 is 0 Å². The molecule has 0 aliphatic heterocycles. The van der Waals surface area contributed by atoms with Crippen molar-refractivity contribution in [1.82, 2.24) is 4.98 Å². The monoisotopic (exact) mass is 399 g/mol. The highest BCUT2D eigenvalue weighted by Gasteiger charge is 2.31. The molecule has 19 heavy (non-hydrogen) atoms. The molecule has 0 fully saturated rings. The van der Waals surface area contributed by atoms with E-state index in [1.165, 1.54) is 30.8 Å². The Hall–Kier alpha value is -0.820. The lowest BCUT2D eigenvalue weighted by atomic mass is 10.1. The minimum absolute atomic E-state index is 0.322. The van der Waals surface area contributed by atoms with Gasteiger partial charge in [0.25, 0.3) is 5.92 Å². The normalized spacial score (nSPS) is 16.2. The van der Waals surface area contributed by atoms with Crippen molar-refractivity contribution >= 4 is 32.3 Å². The van der Waals surface area contributed by atoms with Crippen LogP contribution >= 0.6 is 22.6 Å². The summed E-state index contributed by atoms with van der Waals surface area (Å²) in [7, 11) is -2.73. The Labute approximate surface area is 124 Å². The highest BCUT2D eigenvalue weighted by atomic mass is 127. The fourth-order valence-electron chi connectivity index (χ4n) is 1.34. The fourth-order valence-corrected chi connectivity index (χ4v) is 2.70. The van der Waals surface area contributed by atoms with E-state index in [1.54, 1.807) is 29.5 Å². The maximum Gasteiger partial charge on any atom is 0.298 e. The van der Waals surface area contributed by atoms with Crippen LogP contribution in [-0.4, -0.2) is 19.9 Å². The third kappa shape index (κ3) is 3.82. The maximum atomic E-state index is 13.4. The summed E-state index contributed by atoms with van der Waals surface area (Å²) >= 11 is 1.59. The molecule has 2 atom stereocenters. The first-order chi connectivity index (χ1) is 8.74. The number of halogens is 3. The summed E-state index contributed by atoms with van der Waals surface area (Å²) in [6.45, 7) is 1.62. The molecule has 1 aromatic rings. The molecule has 0 amide bonds. The van der Waals surface area contributed by atoms with Gasteiger partial charge in [0.15, 0.2) is 0 Å². The topological polar surface area (TPSA) is 66.1 Å². The van der Waals surface area contributed by atoms with E-state index in [9.17, 15) is 13.0 Å². The van der Waals surface area contributed by atoms with Crippen LogP contribution in [-0.2, 0) is 15.7 Å². The van der Waals surface area contributed by atoms with Gasteiger partial charge in [0.2, 0.25) is 6.19 Å². The van der Waals surface area contributed by atoms with Gasteiger partial charge in [-0.15, -0.1) is 4.36 Å². The molecule has 104 valence electrons. The molecule has 0 saturated heterocycles. The number of pyridine rings is 1. The van der Waals surface area contributed by atoms with Crippen molar-refractivity contribution in [3.8, 4) is 6.19 Å². The fraction of sp³-hybridized carbons (Fsp3) is 0.455. The van der Waals surface area contributed by atoms with Gasteiger partial charge in [0.05, 0.1) is 19.4 Å². The zero-order valence-corrected chi connectivity index (χ0v) is 13.3. The lowest BCUT2D eigenvalue weighted by Crippen LogP contribution is -2.17. The third-order valence-electron chi connectivity index (χ3n) is 2.68. The molecule has 0 N–H and O–H groups in total. The zero-order chi connectivity index (χ0) is 14.7. The quantitative estimate of drug-likeness (QED) is 0.444. The molecule has 0 aromatic carbocycles. The predicted octanol–water partition coefficient (Wildman–Crippen LogP) is 3.25. The number of nitriles is 1. The van der Waals surface area contributed by atoms with E-state index in [0.29, 0.717) is 5.56 Å². The van der Waals surface area contributed by atoms with E-state index in [-0.39, 0.29) is 10.1 Å². The zero-order valence-electron chi connectivity index (χ0n) is 10.3. The van der Waals surface area contributed by atoms with Gasteiger partial charge in [-0.25, -0.2) is 4.21 Å². The first-order valence-corrected chi connectivity index (χ1v) is 8.75. The van der Waals surface area contributed by atoms with Crippen LogP contribution in [0.4, 0.5) is 8.78 Å². The molecule has 2 unspecified atom stereocenters. The van der Waals surface area contributed by atoms with Crippen LogP contribution in [0, 0.1) is 11.5 Å². The van der Waals surface area contributed by atoms with Crippen LogP contribution in [0.1, 0.15) is 23.4 Å². The van der Waals surface area contributed by atoms with E-state index in [4.69, 9.17) is 5.26 Å². The highest BCUT2D eigenvalue weighted by molar-refractivity contribution is 14.1. The van der Waals surface area contributed by atoms with Gasteiger partial charge in [-0.05, 0) is 18.6 Å². The van der Waals surface area contributed by atoms with Crippen LogP contribution in [0.2, 0.25) is 0 Å². The van der Waals surface area contributed by atoms with Crippen molar-refractivity contribution in [2.45, 2.75) is 18.1 Å². The van der Waals surface area contributed by atoms with Crippen molar-refractivity contribution in [2.75, 3.05) is 10.7 Å². The van der Waals surface area contributed by atoms with Crippen LogP contribution in [0.5, 0.6) is 0 Å². The molecule has 4 nitrogen and oxygen atoms in total. The molecule has 8 heteroatoms. The minimum Gasteiger partial charge on any atom is -0.255 e. The number of hydrogen-bond acceptors (Lipinski definition) is 4. The van der Waals surface area contributed by atoms with E-state index in [1.807, 2.05) is 0 Å². The molecule has 0 saturated carbocycles. The van der Waals surface area contributed by atoms with Crippen LogP contribution < -0.4 is 0 Å². The van der Waals surface area contributed by atoms with Crippen molar-refractivity contribution < 1.29 is 13.0 Å². The second-order valence-electron chi connectivity index (χ2n) is 4.01. The van der Waals surface area contributed by atoms with E-state index >= 15 is 0 Å². The SMILES string of the molecule is CC(c1ccc(C(F)(F)CI)nc1)S(C)(=O)=NC#N. The van der Waals surface area contributed by atoms with Crippen molar-refractivity contribution in [1.29, 1.82) is 5.26 Å². The highest BCUT2D eigenvalue weighted by Crippen LogP contribution is 2.30. The Morgan fingerprint density at radius 3 is 2.68 bits per heavy atom. The summed E-state index contributed by atoms with van der Waals surface area (Å²) in [5, 5.41) is 7.92. The summed E-state index contributed by atoms with van der Waals surface area (Å²) in [6, 6.07) is 2.66. The summed E-state index contributed by atoms with van der Waals surface area (Å²) in [4.78, 5) is 3.71. The molecule has 0 spiro atoms. The average molecular weight is 399 g/mol. The van der Waals surface area contributed by atoms with Gasteiger partial charge in [-0.2, -0.15) is 14.0 Å². The van der Waals surface area contributed by atoms with Crippen LogP contribution in [0.3, 0.4) is 0 Å². The smallest absolute Gasteiger partial charge is 0.255 e. The maximum absolute atomic E-state index is 13.4. The van der Waals surface area contributed by atoms with Gasteiger partial charge in [0.1, 0.15) is 5.69 Å². The number of nitrogens with zero attached hydrogens (tertiary/aromatic N) is 3. The molecule has 1 heterocycles. The van der Waals surface area contributed by atoms with E-state index in [0.717, 1.165) is 0 Å². The standard InChI is InChI=1S/C11H12F2IN3OS/c1-8(19(2,18)17-7-15)9-3-4-10(16-5-9)11(12,13)6-14/h3-5,8H,6H2,1-2H3. The predicted molar refractivity (Wildman–Crippen MR) is 77.5 cm³/mol. The molecular formula is C11H12F2IN3OS. The second-order valence-corrected chi connectivity index (χ2v) is 7.38. The van der Waals surface area contributed by atoms with Crippen LogP contribution in [0.15, 0.2) is 22.7 Å². The summed E-state index contributed by atoms with van der Waals surface area (Å²) in [5.74, 6) is -2.98. The van der Waals surface area contributed by atoms with Gasteiger partial charge < -0.3 is 0 Å². The Balaban J connectivity index is 3.11. The average Bonchev–Trinajstić information content (AvgIpc) is 2.38. The largest absolute Gasteiger partial charge is 0.298 e. The first kappa shape index (κ1) is 16.2. The Bertz CT molecular complexity index is 603. The van der Waals surface area contributed by atoms with Crippen molar-refractivity contribution in [2.24, 2.45) is 4.36 Å². The second kappa shape index (κ2) is 6.09. The van der Waals surface area contributed by atoms with E-state index < -0.39 is 20.9 Å². The molecule has 1 aromatic heterocycles. The number of aromatic nitrogens is 1. The molecule has 1 rings (SSSR count). The van der Waals surface area contributed by atoms with Crippen molar-refractivity contribution in [3.05, 3.63) is 29.6 Å². The first-order valence-electron chi connectivity index (χ1n) is 5.24. The summed E-state index contributed by atoms with van der Waals surface area (Å²) < 4.78 is 41.8. The minimum atomic E-state index is -2.98. The molecule has 0 radical (unpaired) electrons. The summed E-state index contributed by atoms with van der Waals surface area (Å²) in [5.41, 5.74) is 0.192. The molecule has 0 bridgehead atoms. The molecule has 0 aliphatic carbocycles. The number of alkyl halides is 3. The Morgan fingerprint density at radius 1 is 1.63 bits per heavy atom. The van der Waals surface area contributed by atoms with E-state index in [2.05, 4.69) is 9.35 Å². The molecule has 0 aliphatic rings. The summed E-state index contributed by atoms with van der Waals surface area (Å²) in [6.07, 6.45) is 4.13. The van der Waals surface area contributed by atoms with Gasteiger partial charge in [0, 0.05) is 12.5 Å². The number of hydrogen-bond donors (Lipinski definition) is 0. The Kier molecular flexibility index (Phi) is 5.20. The third-order valence-corrected chi connectivity index (χ3v) is 5.66. The van der Waals surface area contributed by atoms with Crippen molar-refractivity contribution in [3.63, 3.8) is 0 Å². The Morgan fingerprint density at radius 2 is 2.26 bits per heavy atom. The van der Waals surface area contributed by atoms with Gasteiger partial charge in [-0.3, -0.25) is 4.98 Å². The van der Waals surface area contributed by atoms with Crippen LogP contribution in [0.25, 0.3) is 0 Å². The number of rotatable bonds is 4. The lowest BCUT2D eigenvalue weighted by molar-refractivity contribution is 0.0217. The lowest BCUT2D eigenvalue weighted by Gasteiger charge is -2.15. The van der Waals surface area contributed by atoms with Gasteiger partial charge in [-0.1, -0.05) is 28.7 Å².